The van der Waals surface area contributed by atoms with Gasteiger partial charge in [-0.2, -0.15) is 0 Å². The number of carbonyl (C=O) groups is 3. The SMILES string of the molecule is C/C(=C\C=C\[C@@H](C)COC(=O)N1CCCC1)[C@H]1OC(=O)C[C@@H](O)CC[C@](C)(O)[C@@H](OC(=O)N2CCN(C3CCCCCC3)CC2)/C=C/[C@@H]1C. The molecule has 6 atom stereocenters. The van der Waals surface area contributed by atoms with Crippen molar-refractivity contribution in [2.24, 2.45) is 11.8 Å². The van der Waals surface area contributed by atoms with Crippen LogP contribution >= 0.6 is 0 Å². The number of carbonyl (C=O) groups excluding carboxylic acids is 3. The van der Waals surface area contributed by atoms with Gasteiger partial charge >= 0.3 is 18.2 Å². The van der Waals surface area contributed by atoms with Crippen molar-refractivity contribution in [1.29, 1.82) is 0 Å². The summed E-state index contributed by atoms with van der Waals surface area (Å²) in [6, 6.07) is 0.589. The third-order valence-corrected chi connectivity index (χ3v) is 10.5. The fraction of sp³-hybridized carbons (Fsp3) is 0.763. The highest BCUT2D eigenvalue weighted by atomic mass is 16.6. The Hall–Kier alpha value is -2.89. The van der Waals surface area contributed by atoms with Crippen LogP contribution in [0.1, 0.15) is 98.3 Å². The zero-order chi connectivity index (χ0) is 35.4. The number of ether oxygens (including phenoxy) is 3. The van der Waals surface area contributed by atoms with Gasteiger partial charge in [-0.3, -0.25) is 9.69 Å². The predicted octanol–water partition coefficient (Wildman–Crippen LogP) is 5.60. The second-order valence-corrected chi connectivity index (χ2v) is 14.9. The molecule has 276 valence electrons. The van der Waals surface area contributed by atoms with Crippen LogP contribution in [0.25, 0.3) is 0 Å². The smallest absolute Gasteiger partial charge is 0.410 e. The Kier molecular flexibility index (Phi) is 15.0. The molecule has 0 bridgehead atoms. The molecule has 0 aromatic carbocycles. The summed E-state index contributed by atoms with van der Waals surface area (Å²) in [6.07, 6.45) is 15.5. The van der Waals surface area contributed by atoms with Gasteiger partial charge in [-0.1, -0.05) is 63.8 Å². The minimum atomic E-state index is -1.46. The van der Waals surface area contributed by atoms with Crippen molar-refractivity contribution in [3.05, 3.63) is 36.0 Å². The zero-order valence-corrected chi connectivity index (χ0v) is 30.3. The van der Waals surface area contributed by atoms with E-state index in [1.54, 1.807) is 22.8 Å². The van der Waals surface area contributed by atoms with E-state index >= 15 is 0 Å². The standard InChI is InChI=1S/C38H61N3O8/c1-28(27-47-36(44)40-20-9-10-21-40)12-11-13-29(2)35-30(3)16-17-33(38(4,46)19-18-32(42)26-34(43)49-35)48-37(45)41-24-22-39(23-25-41)31-14-7-5-6-8-15-31/h11-13,16-17,28,30-33,35,42,46H,5-10,14-15,18-27H2,1-4H3/b12-11+,17-16+,29-13+/t28-,30+,32+,33+,35-,38+/m1/s1. The van der Waals surface area contributed by atoms with Crippen LogP contribution in [0.3, 0.4) is 0 Å². The van der Waals surface area contributed by atoms with E-state index in [4.69, 9.17) is 14.2 Å². The number of likely N-dealkylation sites (tertiary alicyclic amines) is 1. The van der Waals surface area contributed by atoms with Crippen molar-refractivity contribution in [2.45, 2.75) is 128 Å². The number of hydrogen-bond acceptors (Lipinski definition) is 9. The van der Waals surface area contributed by atoms with Crippen molar-refractivity contribution >= 4 is 18.2 Å². The first-order chi connectivity index (χ1) is 23.4. The second-order valence-electron chi connectivity index (χ2n) is 14.9. The first-order valence-electron chi connectivity index (χ1n) is 18.7. The number of rotatable bonds is 7. The largest absolute Gasteiger partial charge is 0.457 e. The van der Waals surface area contributed by atoms with Gasteiger partial charge in [0.2, 0.25) is 0 Å². The molecule has 3 fully saturated rings. The quantitative estimate of drug-likeness (QED) is 0.116. The number of esters is 1. The average molecular weight is 688 g/mol. The zero-order valence-electron chi connectivity index (χ0n) is 30.3. The number of aliphatic hydroxyl groups is 2. The molecule has 0 aromatic rings. The molecule has 0 spiro atoms. The molecule has 1 saturated carbocycles. The number of allylic oxidation sites excluding steroid dienone is 2. The number of nitrogens with zero attached hydrogens (tertiary/aromatic N) is 3. The molecular formula is C38H61N3O8. The Morgan fingerprint density at radius 2 is 1.63 bits per heavy atom. The van der Waals surface area contributed by atoms with Crippen LogP contribution in [0.2, 0.25) is 0 Å². The first-order valence-corrected chi connectivity index (χ1v) is 18.7. The van der Waals surface area contributed by atoms with E-state index in [-0.39, 0.29) is 43.8 Å². The van der Waals surface area contributed by atoms with Crippen LogP contribution in [0.5, 0.6) is 0 Å². The maximum Gasteiger partial charge on any atom is 0.410 e. The van der Waals surface area contributed by atoms with E-state index in [1.165, 1.54) is 38.5 Å². The molecule has 4 aliphatic rings. The molecule has 0 unspecified atom stereocenters. The van der Waals surface area contributed by atoms with Crippen molar-refractivity contribution in [3.63, 3.8) is 0 Å². The minimum absolute atomic E-state index is 0.0145. The van der Waals surface area contributed by atoms with Crippen LogP contribution in [-0.2, 0) is 19.0 Å². The molecule has 1 aliphatic carbocycles. The van der Waals surface area contributed by atoms with E-state index in [9.17, 15) is 24.6 Å². The number of cyclic esters (lactones) is 1. The Bertz CT molecular complexity index is 1160. The molecule has 11 heteroatoms. The summed E-state index contributed by atoms with van der Waals surface area (Å²) < 4.78 is 17.3. The van der Waals surface area contributed by atoms with E-state index in [1.807, 2.05) is 45.1 Å². The van der Waals surface area contributed by atoms with Crippen LogP contribution in [0.4, 0.5) is 9.59 Å². The number of aliphatic hydroxyl groups excluding tert-OH is 1. The molecule has 3 heterocycles. The van der Waals surface area contributed by atoms with E-state index in [2.05, 4.69) is 4.90 Å². The molecule has 2 saturated heterocycles. The topological polar surface area (TPSA) is 129 Å². The molecule has 11 nitrogen and oxygen atoms in total. The molecule has 0 radical (unpaired) electrons. The van der Waals surface area contributed by atoms with Crippen LogP contribution < -0.4 is 0 Å². The molecule has 49 heavy (non-hydrogen) atoms. The number of amides is 2. The third kappa shape index (κ3) is 12.1. The molecule has 4 rings (SSSR count). The van der Waals surface area contributed by atoms with Crippen LogP contribution in [-0.4, -0.2) is 119 Å². The van der Waals surface area contributed by atoms with E-state index in [0.29, 0.717) is 19.1 Å². The van der Waals surface area contributed by atoms with Crippen molar-refractivity contribution < 1.29 is 38.8 Å². The number of hydrogen-bond donors (Lipinski definition) is 2. The molecule has 2 N–H and O–H groups in total. The van der Waals surface area contributed by atoms with Gasteiger partial charge in [-0.25, -0.2) is 9.59 Å². The Labute approximate surface area is 293 Å². The predicted molar refractivity (Wildman–Crippen MR) is 188 cm³/mol. The van der Waals surface area contributed by atoms with Gasteiger partial charge < -0.3 is 34.2 Å². The van der Waals surface area contributed by atoms with Gasteiger partial charge in [0.25, 0.3) is 0 Å². The highest BCUT2D eigenvalue weighted by Gasteiger charge is 2.37. The van der Waals surface area contributed by atoms with E-state index in [0.717, 1.165) is 44.6 Å². The average Bonchev–Trinajstić information content (AvgIpc) is 3.49. The lowest BCUT2D eigenvalue weighted by atomic mass is 9.89. The third-order valence-electron chi connectivity index (χ3n) is 10.5. The van der Waals surface area contributed by atoms with Crippen molar-refractivity contribution in [3.8, 4) is 0 Å². The van der Waals surface area contributed by atoms with Gasteiger partial charge in [-0.15, -0.1) is 0 Å². The van der Waals surface area contributed by atoms with Crippen LogP contribution in [0.15, 0.2) is 36.0 Å². The van der Waals surface area contributed by atoms with Gasteiger partial charge in [0.15, 0.2) is 6.10 Å². The second kappa shape index (κ2) is 18.9. The Balaban J connectivity index is 1.40. The lowest BCUT2D eigenvalue weighted by Crippen LogP contribution is -2.53. The van der Waals surface area contributed by atoms with Gasteiger partial charge in [-0.05, 0) is 64.0 Å². The van der Waals surface area contributed by atoms with Gasteiger partial charge in [0.05, 0.1) is 19.1 Å². The lowest BCUT2D eigenvalue weighted by Gasteiger charge is -2.40. The fourth-order valence-corrected chi connectivity index (χ4v) is 7.27. The summed E-state index contributed by atoms with van der Waals surface area (Å²) >= 11 is 0. The maximum absolute atomic E-state index is 13.4. The highest BCUT2D eigenvalue weighted by molar-refractivity contribution is 5.70. The van der Waals surface area contributed by atoms with Crippen molar-refractivity contribution in [1.82, 2.24) is 14.7 Å². The summed E-state index contributed by atoms with van der Waals surface area (Å²) in [4.78, 5) is 44.5. The Morgan fingerprint density at radius 1 is 0.980 bits per heavy atom. The number of piperazine rings is 1. The highest BCUT2D eigenvalue weighted by Crippen LogP contribution is 2.28. The summed E-state index contributed by atoms with van der Waals surface area (Å²) in [5.74, 6) is -0.869. The molecule has 2 amide bonds. The summed E-state index contributed by atoms with van der Waals surface area (Å²) in [6.45, 7) is 11.9. The van der Waals surface area contributed by atoms with Gasteiger partial charge in [0, 0.05) is 57.1 Å². The molecule has 0 aromatic heterocycles. The summed E-state index contributed by atoms with van der Waals surface area (Å²) in [5, 5.41) is 22.2. The van der Waals surface area contributed by atoms with Crippen LogP contribution in [0, 0.1) is 11.8 Å². The minimum Gasteiger partial charge on any atom is -0.457 e. The summed E-state index contributed by atoms with van der Waals surface area (Å²) in [7, 11) is 0. The van der Waals surface area contributed by atoms with Gasteiger partial charge in [0.1, 0.15) is 11.7 Å². The normalized spacial score (nSPS) is 31.7. The molecule has 3 aliphatic heterocycles. The monoisotopic (exact) mass is 687 g/mol. The Morgan fingerprint density at radius 3 is 2.31 bits per heavy atom. The lowest BCUT2D eigenvalue weighted by molar-refractivity contribution is -0.151. The summed E-state index contributed by atoms with van der Waals surface area (Å²) in [5.41, 5.74) is -0.684. The van der Waals surface area contributed by atoms with Crippen molar-refractivity contribution in [2.75, 3.05) is 45.9 Å². The van der Waals surface area contributed by atoms with E-state index < -0.39 is 36.0 Å². The fourth-order valence-electron chi connectivity index (χ4n) is 7.27. The molecular weight excluding hydrogens is 626 g/mol. The first kappa shape index (κ1) is 38.9. The maximum atomic E-state index is 13.4.